The van der Waals surface area contributed by atoms with Crippen LogP contribution >= 0.6 is 0 Å². The van der Waals surface area contributed by atoms with E-state index in [-0.39, 0.29) is 25.0 Å². The van der Waals surface area contributed by atoms with Gasteiger partial charge in [0.2, 0.25) is 0 Å². The monoisotopic (exact) mass is 413 g/mol. The molecule has 8 nitrogen and oxygen atoms in total. The summed E-state index contributed by atoms with van der Waals surface area (Å²) in [5.74, 6) is 0.971. The van der Waals surface area contributed by atoms with Crippen LogP contribution in [-0.4, -0.2) is 44.9 Å². The first-order valence-corrected chi connectivity index (χ1v) is 9.52. The van der Waals surface area contributed by atoms with E-state index in [9.17, 15) is 9.59 Å². The minimum Gasteiger partial charge on any atom is -0.493 e. The third kappa shape index (κ3) is 7.12. The van der Waals surface area contributed by atoms with Crippen LogP contribution in [0.2, 0.25) is 0 Å². The fourth-order valence-corrected chi connectivity index (χ4v) is 2.49. The Bertz CT molecular complexity index is 912. The highest BCUT2D eigenvalue weighted by Crippen LogP contribution is 2.27. The van der Waals surface area contributed by atoms with Crippen molar-refractivity contribution in [2.24, 2.45) is 5.10 Å². The Morgan fingerprint density at radius 3 is 2.43 bits per heavy atom. The Morgan fingerprint density at radius 2 is 1.70 bits per heavy atom. The molecule has 2 aromatic carbocycles. The maximum Gasteiger partial charge on any atom is 0.277 e. The lowest BCUT2D eigenvalue weighted by molar-refractivity contribution is -0.123. The van der Waals surface area contributed by atoms with Crippen molar-refractivity contribution in [2.45, 2.75) is 20.8 Å². The van der Waals surface area contributed by atoms with Gasteiger partial charge >= 0.3 is 0 Å². The Balaban J connectivity index is 1.88. The molecule has 2 N–H and O–H groups in total. The number of hydrazone groups is 1. The van der Waals surface area contributed by atoms with Gasteiger partial charge in [0.1, 0.15) is 5.75 Å². The minimum absolute atomic E-state index is 0.103. The molecule has 30 heavy (non-hydrogen) atoms. The van der Waals surface area contributed by atoms with Crippen molar-refractivity contribution in [3.05, 3.63) is 53.1 Å². The highest BCUT2D eigenvalue weighted by atomic mass is 16.5. The van der Waals surface area contributed by atoms with Crippen LogP contribution in [0.1, 0.15) is 23.6 Å². The van der Waals surface area contributed by atoms with E-state index >= 15 is 0 Å². The van der Waals surface area contributed by atoms with Crippen molar-refractivity contribution in [1.29, 1.82) is 0 Å². The van der Waals surface area contributed by atoms with E-state index in [0.29, 0.717) is 29.4 Å². The van der Waals surface area contributed by atoms with Crippen molar-refractivity contribution in [3.63, 3.8) is 0 Å². The average Bonchev–Trinajstić information content (AvgIpc) is 2.73. The summed E-state index contributed by atoms with van der Waals surface area (Å²) in [6.45, 7) is 6.01. The maximum absolute atomic E-state index is 11.9. The normalized spacial score (nSPS) is 10.5. The van der Waals surface area contributed by atoms with E-state index in [2.05, 4.69) is 15.8 Å². The molecule has 0 aliphatic heterocycles. The SMILES string of the molecule is CCNC(=O)COc1ccc(/C=N\NC(=O)COc2cc(C)ccc2C)cc1OC. The van der Waals surface area contributed by atoms with Crippen LogP contribution in [0.5, 0.6) is 17.2 Å². The van der Waals surface area contributed by atoms with Crippen LogP contribution in [0.25, 0.3) is 0 Å². The molecule has 160 valence electrons. The highest BCUT2D eigenvalue weighted by molar-refractivity contribution is 5.84. The third-order valence-corrected chi connectivity index (χ3v) is 4.03. The van der Waals surface area contributed by atoms with Crippen LogP contribution in [0.3, 0.4) is 0 Å². The van der Waals surface area contributed by atoms with Gasteiger partial charge in [-0.15, -0.1) is 0 Å². The molecule has 0 spiro atoms. The summed E-state index contributed by atoms with van der Waals surface area (Å²) in [5.41, 5.74) is 5.12. The molecule has 0 atom stereocenters. The second-order valence-corrected chi connectivity index (χ2v) is 6.50. The van der Waals surface area contributed by atoms with Crippen molar-refractivity contribution >= 4 is 18.0 Å². The predicted octanol–water partition coefficient (Wildman–Crippen LogP) is 2.36. The molecule has 2 amide bonds. The molecule has 2 aromatic rings. The third-order valence-electron chi connectivity index (χ3n) is 4.03. The fourth-order valence-electron chi connectivity index (χ4n) is 2.49. The van der Waals surface area contributed by atoms with E-state index < -0.39 is 0 Å². The molecule has 0 radical (unpaired) electrons. The van der Waals surface area contributed by atoms with Gasteiger partial charge in [0.15, 0.2) is 24.7 Å². The number of likely N-dealkylation sites (N-methyl/N-ethyl adjacent to an activating group) is 1. The van der Waals surface area contributed by atoms with Crippen molar-refractivity contribution in [1.82, 2.24) is 10.7 Å². The Kier molecular flexibility index (Phi) is 8.68. The smallest absolute Gasteiger partial charge is 0.277 e. The number of hydrogen-bond acceptors (Lipinski definition) is 6. The Morgan fingerprint density at radius 1 is 0.967 bits per heavy atom. The first kappa shape index (κ1) is 22.7. The van der Waals surface area contributed by atoms with Crippen molar-refractivity contribution in [2.75, 3.05) is 26.9 Å². The van der Waals surface area contributed by atoms with Gasteiger partial charge in [0.05, 0.1) is 13.3 Å². The van der Waals surface area contributed by atoms with Gasteiger partial charge in [-0.25, -0.2) is 5.43 Å². The van der Waals surface area contributed by atoms with Crippen LogP contribution in [0.4, 0.5) is 0 Å². The van der Waals surface area contributed by atoms with Gasteiger partial charge in [-0.3, -0.25) is 9.59 Å². The standard InChI is InChI=1S/C22H27N3O5/c1-5-23-21(26)13-29-18-9-8-17(11-20(18)28-4)12-24-25-22(27)14-30-19-10-15(2)6-7-16(19)3/h6-12H,5,13-14H2,1-4H3,(H,23,26)(H,25,27)/b24-12-. The second kappa shape index (κ2) is 11.5. The average molecular weight is 413 g/mol. The summed E-state index contributed by atoms with van der Waals surface area (Å²) in [6.07, 6.45) is 1.48. The predicted molar refractivity (Wildman–Crippen MR) is 114 cm³/mol. The molecular weight excluding hydrogens is 386 g/mol. The first-order valence-electron chi connectivity index (χ1n) is 9.52. The summed E-state index contributed by atoms with van der Waals surface area (Å²) in [4.78, 5) is 23.5. The number of carbonyl (C=O) groups excluding carboxylic acids is 2. The van der Waals surface area contributed by atoms with E-state index in [1.807, 2.05) is 39.0 Å². The lowest BCUT2D eigenvalue weighted by atomic mass is 10.1. The molecule has 2 rings (SSSR count). The largest absolute Gasteiger partial charge is 0.493 e. The number of nitrogens with one attached hydrogen (secondary N) is 2. The lowest BCUT2D eigenvalue weighted by Gasteiger charge is -2.11. The van der Waals surface area contributed by atoms with E-state index in [1.54, 1.807) is 18.2 Å². The highest BCUT2D eigenvalue weighted by Gasteiger charge is 2.08. The van der Waals surface area contributed by atoms with Gasteiger partial charge < -0.3 is 19.5 Å². The number of nitrogens with zero attached hydrogens (tertiary/aromatic N) is 1. The molecule has 0 aliphatic rings. The van der Waals surface area contributed by atoms with Gasteiger partial charge in [0, 0.05) is 6.54 Å². The van der Waals surface area contributed by atoms with E-state index in [1.165, 1.54) is 13.3 Å². The maximum atomic E-state index is 11.9. The zero-order chi connectivity index (χ0) is 21.9. The lowest BCUT2D eigenvalue weighted by Crippen LogP contribution is -2.28. The zero-order valence-electron chi connectivity index (χ0n) is 17.7. The number of benzene rings is 2. The molecule has 0 aliphatic carbocycles. The van der Waals surface area contributed by atoms with Crippen molar-refractivity contribution in [3.8, 4) is 17.2 Å². The summed E-state index contributed by atoms with van der Waals surface area (Å²) < 4.78 is 16.3. The van der Waals surface area contributed by atoms with Crippen LogP contribution in [0.15, 0.2) is 41.5 Å². The topological polar surface area (TPSA) is 98.2 Å². The molecule has 8 heteroatoms. The molecule has 0 heterocycles. The van der Waals surface area contributed by atoms with Crippen LogP contribution in [0, 0.1) is 13.8 Å². The Labute approximate surface area is 176 Å². The number of hydrogen-bond donors (Lipinski definition) is 2. The molecule has 0 saturated heterocycles. The molecular formula is C22H27N3O5. The Hall–Kier alpha value is -3.55. The van der Waals surface area contributed by atoms with Crippen molar-refractivity contribution < 1.29 is 23.8 Å². The number of carbonyl (C=O) groups is 2. The van der Waals surface area contributed by atoms with E-state index in [0.717, 1.165) is 11.1 Å². The van der Waals surface area contributed by atoms with Gasteiger partial charge in [-0.05, 0) is 61.7 Å². The summed E-state index contributed by atoms with van der Waals surface area (Å²) in [7, 11) is 1.50. The molecule has 0 fully saturated rings. The molecule has 0 aromatic heterocycles. The van der Waals surface area contributed by atoms with E-state index in [4.69, 9.17) is 14.2 Å². The van der Waals surface area contributed by atoms with Gasteiger partial charge in [-0.1, -0.05) is 12.1 Å². The van der Waals surface area contributed by atoms with Crippen LogP contribution in [-0.2, 0) is 9.59 Å². The van der Waals surface area contributed by atoms with Gasteiger partial charge in [-0.2, -0.15) is 5.10 Å². The molecule has 0 unspecified atom stereocenters. The molecule has 0 bridgehead atoms. The zero-order valence-corrected chi connectivity index (χ0v) is 17.7. The number of methoxy groups -OCH3 is 1. The second-order valence-electron chi connectivity index (χ2n) is 6.50. The number of ether oxygens (including phenoxy) is 3. The van der Waals surface area contributed by atoms with Gasteiger partial charge in [0.25, 0.3) is 11.8 Å². The quantitative estimate of drug-likeness (QED) is 0.460. The fraction of sp³-hybridized carbons (Fsp3) is 0.318. The van der Waals surface area contributed by atoms with Crippen LogP contribution < -0.4 is 25.0 Å². The summed E-state index contributed by atoms with van der Waals surface area (Å²) in [5, 5.41) is 6.59. The minimum atomic E-state index is -0.374. The summed E-state index contributed by atoms with van der Waals surface area (Å²) >= 11 is 0. The number of aryl methyl sites for hydroxylation is 2. The number of amides is 2. The summed E-state index contributed by atoms with van der Waals surface area (Å²) in [6, 6.07) is 10.9. The molecule has 0 saturated carbocycles. The first-order chi connectivity index (χ1) is 14.4. The number of rotatable bonds is 10.